The van der Waals surface area contributed by atoms with E-state index >= 15 is 0 Å². The molecule has 1 heterocycles. The van der Waals surface area contributed by atoms with Crippen molar-refractivity contribution < 1.29 is 4.79 Å². The van der Waals surface area contributed by atoms with Crippen molar-refractivity contribution in [3.8, 4) is 0 Å². The van der Waals surface area contributed by atoms with Gasteiger partial charge in [-0.15, -0.1) is 0 Å². The Kier molecular flexibility index (Phi) is 5.76. The van der Waals surface area contributed by atoms with Crippen molar-refractivity contribution in [3.05, 3.63) is 23.4 Å². The summed E-state index contributed by atoms with van der Waals surface area (Å²) in [6.45, 7) is 7.68. The van der Waals surface area contributed by atoms with Gasteiger partial charge in [-0.1, -0.05) is 6.92 Å². The molecule has 0 aliphatic rings. The number of carbonyl (C=O) groups excluding carboxylic acids is 1. The van der Waals surface area contributed by atoms with Crippen LogP contribution >= 0.6 is 0 Å². The molecule has 19 heavy (non-hydrogen) atoms. The maximum Gasteiger partial charge on any atom is 0.251 e. The molecule has 5 heteroatoms. The first-order chi connectivity index (χ1) is 8.93. The molecule has 3 N–H and O–H groups in total. The lowest BCUT2D eigenvalue weighted by molar-refractivity contribution is 0.0948. The lowest BCUT2D eigenvalue weighted by Gasteiger charge is -2.20. The molecule has 5 nitrogen and oxygen atoms in total. The van der Waals surface area contributed by atoms with Gasteiger partial charge in [0, 0.05) is 30.4 Å². The summed E-state index contributed by atoms with van der Waals surface area (Å²) in [5.74, 6) is 0.296. The Hall–Kier alpha value is -1.62. The van der Waals surface area contributed by atoms with Crippen molar-refractivity contribution in [1.82, 2.24) is 15.2 Å². The number of pyridine rings is 1. The molecule has 0 radical (unpaired) electrons. The van der Waals surface area contributed by atoms with E-state index in [1.807, 2.05) is 14.0 Å². The van der Waals surface area contributed by atoms with Crippen LogP contribution in [0.4, 0.5) is 5.82 Å². The predicted octanol–water partition coefficient (Wildman–Crippen LogP) is 1.30. The third-order valence-electron chi connectivity index (χ3n) is 3.15. The number of nitrogens with two attached hydrogens (primary N) is 1. The summed E-state index contributed by atoms with van der Waals surface area (Å²) in [6.07, 6.45) is 0.765. The van der Waals surface area contributed by atoms with E-state index < -0.39 is 0 Å². The number of rotatable bonds is 6. The Morgan fingerprint density at radius 2 is 2.16 bits per heavy atom. The first-order valence-corrected chi connectivity index (χ1v) is 6.69. The third-order valence-corrected chi connectivity index (χ3v) is 3.15. The van der Waals surface area contributed by atoms with Gasteiger partial charge in [0.25, 0.3) is 5.91 Å². The maximum atomic E-state index is 12.0. The van der Waals surface area contributed by atoms with Gasteiger partial charge in [0.05, 0.1) is 0 Å². The molecule has 106 valence electrons. The molecule has 0 bridgehead atoms. The van der Waals surface area contributed by atoms with E-state index in [-0.39, 0.29) is 5.91 Å². The van der Waals surface area contributed by atoms with Gasteiger partial charge < -0.3 is 16.0 Å². The Morgan fingerprint density at radius 3 is 2.74 bits per heavy atom. The van der Waals surface area contributed by atoms with Crippen molar-refractivity contribution in [1.29, 1.82) is 0 Å². The van der Waals surface area contributed by atoms with Gasteiger partial charge in [0.1, 0.15) is 5.82 Å². The first-order valence-electron chi connectivity index (χ1n) is 6.69. The molecule has 0 aliphatic carbocycles. The lowest BCUT2D eigenvalue weighted by Crippen LogP contribution is -2.36. The number of nitrogens with zero attached hydrogens (tertiary/aromatic N) is 2. The largest absolute Gasteiger partial charge is 0.384 e. The van der Waals surface area contributed by atoms with E-state index in [1.165, 1.54) is 0 Å². The smallest absolute Gasteiger partial charge is 0.251 e. The normalized spacial score (nSPS) is 11.1. The molecule has 1 aromatic rings. The van der Waals surface area contributed by atoms with Crippen LogP contribution in [-0.2, 0) is 6.42 Å². The number of anilines is 1. The van der Waals surface area contributed by atoms with Crippen molar-refractivity contribution in [2.45, 2.75) is 33.2 Å². The minimum atomic E-state index is -0.0963. The Morgan fingerprint density at radius 1 is 1.47 bits per heavy atom. The lowest BCUT2D eigenvalue weighted by atomic mass is 10.2. The molecule has 0 aromatic carbocycles. The van der Waals surface area contributed by atoms with Gasteiger partial charge >= 0.3 is 0 Å². The van der Waals surface area contributed by atoms with E-state index in [2.05, 4.69) is 29.0 Å². The number of nitrogens with one attached hydrogen (secondary N) is 1. The van der Waals surface area contributed by atoms with E-state index in [0.29, 0.717) is 24.0 Å². The van der Waals surface area contributed by atoms with Gasteiger partial charge in [-0.25, -0.2) is 4.98 Å². The van der Waals surface area contributed by atoms with Crippen LogP contribution in [0.2, 0.25) is 0 Å². The standard InChI is InChI=1S/C14H24N4O/c1-5-12-8-11(9-13(15)17-12)14(19)16-6-7-18(4)10(2)3/h8-10H,5-7H2,1-4H3,(H2,15,17)(H,16,19). The number of aromatic nitrogens is 1. The van der Waals surface area contributed by atoms with Gasteiger partial charge in [-0.05, 0) is 39.4 Å². The first kappa shape index (κ1) is 15.4. The van der Waals surface area contributed by atoms with Crippen LogP contribution in [0.15, 0.2) is 12.1 Å². The minimum absolute atomic E-state index is 0.0963. The molecule has 0 fully saturated rings. The van der Waals surface area contributed by atoms with E-state index in [0.717, 1.165) is 18.7 Å². The molecular formula is C14H24N4O. The second kappa shape index (κ2) is 7.09. The summed E-state index contributed by atoms with van der Waals surface area (Å²) < 4.78 is 0. The second-order valence-corrected chi connectivity index (χ2v) is 4.96. The highest BCUT2D eigenvalue weighted by atomic mass is 16.1. The molecule has 1 aromatic heterocycles. The minimum Gasteiger partial charge on any atom is -0.384 e. The highest BCUT2D eigenvalue weighted by Crippen LogP contribution is 2.08. The third kappa shape index (κ3) is 4.87. The fourth-order valence-corrected chi connectivity index (χ4v) is 1.63. The number of nitrogen functional groups attached to an aromatic ring is 1. The number of hydrogen-bond donors (Lipinski definition) is 2. The Labute approximate surface area is 115 Å². The van der Waals surface area contributed by atoms with Crippen molar-refractivity contribution in [3.63, 3.8) is 0 Å². The summed E-state index contributed by atoms with van der Waals surface area (Å²) in [6, 6.07) is 3.87. The maximum absolute atomic E-state index is 12.0. The molecule has 0 atom stereocenters. The number of aryl methyl sites for hydroxylation is 1. The molecule has 1 rings (SSSR count). The van der Waals surface area contributed by atoms with Crippen LogP contribution < -0.4 is 11.1 Å². The molecular weight excluding hydrogens is 240 g/mol. The topological polar surface area (TPSA) is 71.2 Å². The molecule has 0 spiro atoms. The van der Waals surface area contributed by atoms with Gasteiger partial charge in [-0.2, -0.15) is 0 Å². The highest BCUT2D eigenvalue weighted by Gasteiger charge is 2.09. The monoisotopic (exact) mass is 264 g/mol. The van der Waals surface area contributed by atoms with E-state index in [9.17, 15) is 4.79 Å². The van der Waals surface area contributed by atoms with Gasteiger partial charge in [0.2, 0.25) is 0 Å². The fourth-order valence-electron chi connectivity index (χ4n) is 1.63. The Bertz CT molecular complexity index is 431. The summed E-state index contributed by atoms with van der Waals surface area (Å²) in [5, 5.41) is 2.90. The molecule has 0 saturated carbocycles. The van der Waals surface area contributed by atoms with Crippen LogP contribution in [0, 0.1) is 0 Å². The predicted molar refractivity (Wildman–Crippen MR) is 78.1 cm³/mol. The van der Waals surface area contributed by atoms with E-state index in [1.54, 1.807) is 12.1 Å². The average molecular weight is 264 g/mol. The van der Waals surface area contributed by atoms with E-state index in [4.69, 9.17) is 5.73 Å². The summed E-state index contributed by atoms with van der Waals surface area (Å²) in [5.41, 5.74) is 7.11. The number of likely N-dealkylation sites (N-methyl/N-ethyl adjacent to an activating group) is 1. The fraction of sp³-hybridized carbons (Fsp3) is 0.571. The zero-order valence-corrected chi connectivity index (χ0v) is 12.2. The molecule has 1 amide bonds. The summed E-state index contributed by atoms with van der Waals surface area (Å²) in [7, 11) is 2.04. The van der Waals surface area contributed by atoms with Crippen molar-refractivity contribution in [2.24, 2.45) is 0 Å². The number of amides is 1. The quantitative estimate of drug-likeness (QED) is 0.812. The molecule has 0 unspecified atom stereocenters. The summed E-state index contributed by atoms with van der Waals surface area (Å²) >= 11 is 0. The number of carbonyl (C=O) groups is 1. The molecule has 0 aliphatic heterocycles. The zero-order valence-electron chi connectivity index (χ0n) is 12.2. The van der Waals surface area contributed by atoms with Gasteiger partial charge in [-0.3, -0.25) is 4.79 Å². The van der Waals surface area contributed by atoms with Crippen LogP contribution in [0.25, 0.3) is 0 Å². The van der Waals surface area contributed by atoms with Crippen LogP contribution in [0.5, 0.6) is 0 Å². The Balaban J connectivity index is 2.56. The van der Waals surface area contributed by atoms with Crippen molar-refractivity contribution >= 4 is 11.7 Å². The molecule has 0 saturated heterocycles. The highest BCUT2D eigenvalue weighted by molar-refractivity contribution is 5.94. The SMILES string of the molecule is CCc1cc(C(=O)NCCN(C)C(C)C)cc(N)n1. The second-order valence-electron chi connectivity index (χ2n) is 4.96. The van der Waals surface area contributed by atoms with Crippen molar-refractivity contribution in [2.75, 3.05) is 25.9 Å². The summed E-state index contributed by atoms with van der Waals surface area (Å²) in [4.78, 5) is 18.3. The van der Waals surface area contributed by atoms with Crippen LogP contribution in [0.3, 0.4) is 0 Å². The van der Waals surface area contributed by atoms with Crippen LogP contribution in [0.1, 0.15) is 36.8 Å². The average Bonchev–Trinajstić information content (AvgIpc) is 2.37. The number of hydrogen-bond acceptors (Lipinski definition) is 4. The van der Waals surface area contributed by atoms with Crippen LogP contribution in [-0.4, -0.2) is 42.0 Å². The zero-order chi connectivity index (χ0) is 14.4. The van der Waals surface area contributed by atoms with Gasteiger partial charge in [0.15, 0.2) is 0 Å².